The van der Waals surface area contributed by atoms with Crippen molar-refractivity contribution in [1.82, 2.24) is 4.98 Å². The summed E-state index contributed by atoms with van der Waals surface area (Å²) in [5.41, 5.74) is 3.49. The first kappa shape index (κ1) is 27.3. The van der Waals surface area contributed by atoms with Gasteiger partial charge in [0.1, 0.15) is 12.4 Å². The third kappa shape index (κ3) is 4.09. The number of thioether (sulfide) groups is 1. The number of nitrogens with one attached hydrogen (secondary N) is 1. The first-order valence-corrected chi connectivity index (χ1v) is 16.3. The van der Waals surface area contributed by atoms with Gasteiger partial charge >= 0.3 is 4.87 Å². The van der Waals surface area contributed by atoms with Crippen LogP contribution in [0.15, 0.2) is 82.6 Å². The largest absolute Gasteiger partial charge is 0.489 e. The van der Waals surface area contributed by atoms with Gasteiger partial charge in [0.2, 0.25) is 11.8 Å². The Hall–Kier alpha value is -4.22. The number of hydrogen-bond acceptors (Lipinski definition) is 8. The predicted octanol–water partition coefficient (Wildman–Crippen LogP) is 5.91. The molecule has 2 amide bonds. The van der Waals surface area contributed by atoms with E-state index in [1.165, 1.54) is 46.1 Å². The number of aryl methyl sites for hydroxylation is 1. The zero-order valence-electron chi connectivity index (χ0n) is 23.5. The molecule has 2 aliphatic heterocycles. The SMILES string of the molecule is Cc1ccc(COc2ccccc2[C@H]2c3sc(=O)[nH]c3SC3C4CC(C5C(=O)N(c6ccc([N+](=O)[O-])cc6)C(=O)C45)C32)cc1. The van der Waals surface area contributed by atoms with E-state index in [0.29, 0.717) is 12.3 Å². The quantitative estimate of drug-likeness (QED) is 0.161. The van der Waals surface area contributed by atoms with Crippen LogP contribution in [0.4, 0.5) is 11.4 Å². The topological polar surface area (TPSA) is 123 Å². The molecule has 44 heavy (non-hydrogen) atoms. The van der Waals surface area contributed by atoms with E-state index in [4.69, 9.17) is 4.74 Å². The number of rotatable bonds is 6. The average Bonchev–Trinajstić information content (AvgIpc) is 3.76. The second kappa shape index (κ2) is 10.2. The molecular weight excluding hydrogens is 599 g/mol. The van der Waals surface area contributed by atoms with Crippen molar-refractivity contribution in [3.63, 3.8) is 0 Å². The fourth-order valence-corrected chi connectivity index (χ4v) is 10.9. The fraction of sp³-hybridized carbons (Fsp3) is 0.303. The number of aromatic amines is 1. The number of thiazole rings is 1. The van der Waals surface area contributed by atoms with Crippen LogP contribution in [-0.2, 0) is 16.2 Å². The zero-order chi connectivity index (χ0) is 30.3. The molecule has 11 heteroatoms. The standard InChI is InChI=1S/C33H27N3O6S2/c1-16-6-8-17(9-7-16)15-42-23-5-3-2-4-20(23)24-25-21-14-22(28(25)43-30-29(24)44-33(39)34-30)27-26(21)31(37)35(32(27)38)18-10-12-19(13-11-18)36(40)41/h2-13,21-22,24-28H,14-15H2,1H3,(H,34,39)/t21?,22?,24-,25?,26?,27?,28?/m1/s1. The Kier molecular flexibility index (Phi) is 6.32. The molecule has 0 radical (unpaired) electrons. The summed E-state index contributed by atoms with van der Waals surface area (Å²) in [5.74, 6) is -0.853. The third-order valence-corrected chi connectivity index (χ3v) is 12.4. The van der Waals surface area contributed by atoms with Gasteiger partial charge in [-0.3, -0.25) is 29.4 Å². The van der Waals surface area contributed by atoms with Gasteiger partial charge in [-0.25, -0.2) is 0 Å². The van der Waals surface area contributed by atoms with Crippen molar-refractivity contribution in [2.45, 2.75) is 36.1 Å². The molecule has 3 aromatic carbocycles. The maximum absolute atomic E-state index is 14.0. The number of nitro groups is 1. The summed E-state index contributed by atoms with van der Waals surface area (Å²) in [7, 11) is 0. The summed E-state index contributed by atoms with van der Waals surface area (Å²) < 4.78 is 6.43. The number of non-ortho nitro benzene ring substituents is 1. The van der Waals surface area contributed by atoms with Crippen LogP contribution in [0.5, 0.6) is 5.75 Å². The smallest absolute Gasteiger partial charge is 0.305 e. The molecule has 3 heterocycles. The van der Waals surface area contributed by atoms with Gasteiger partial charge in [-0.05, 0) is 54.9 Å². The summed E-state index contributed by atoms with van der Waals surface area (Å²) in [6, 6.07) is 21.8. The van der Waals surface area contributed by atoms with E-state index >= 15 is 0 Å². The van der Waals surface area contributed by atoms with Gasteiger partial charge in [-0.1, -0.05) is 59.4 Å². The van der Waals surface area contributed by atoms with Crippen LogP contribution in [0.3, 0.4) is 0 Å². The summed E-state index contributed by atoms with van der Waals surface area (Å²) in [6.45, 7) is 2.45. The van der Waals surface area contributed by atoms with E-state index in [9.17, 15) is 24.5 Å². The van der Waals surface area contributed by atoms with Crippen LogP contribution in [0.25, 0.3) is 0 Å². The molecule has 222 valence electrons. The van der Waals surface area contributed by atoms with Gasteiger partial charge in [0.15, 0.2) is 0 Å². The van der Waals surface area contributed by atoms with Gasteiger partial charge in [0.25, 0.3) is 5.69 Å². The number of H-pyrrole nitrogens is 1. The van der Waals surface area contributed by atoms with Gasteiger partial charge in [-0.2, -0.15) is 0 Å². The molecule has 9 nitrogen and oxygen atoms in total. The number of anilines is 1. The highest BCUT2D eigenvalue weighted by Crippen LogP contribution is 2.69. The molecule has 1 saturated heterocycles. The molecular formula is C33H27N3O6S2. The maximum Gasteiger partial charge on any atom is 0.305 e. The van der Waals surface area contributed by atoms with E-state index in [1.807, 2.05) is 25.1 Å². The number of nitrogens with zero attached hydrogens (tertiary/aromatic N) is 2. The molecule has 2 bridgehead atoms. The summed E-state index contributed by atoms with van der Waals surface area (Å²) in [5, 5.41) is 12.1. The molecule has 2 saturated carbocycles. The van der Waals surface area contributed by atoms with Crippen LogP contribution < -0.4 is 14.5 Å². The lowest BCUT2D eigenvalue weighted by molar-refractivity contribution is -0.384. The average molecular weight is 626 g/mol. The van der Waals surface area contributed by atoms with E-state index in [-0.39, 0.29) is 51.3 Å². The Balaban J connectivity index is 1.16. The molecule has 1 aromatic heterocycles. The third-order valence-electron chi connectivity index (χ3n) is 9.81. The highest BCUT2D eigenvalue weighted by Gasteiger charge is 2.69. The molecule has 6 unspecified atom stereocenters. The number of carbonyl (C=O) groups excluding carboxylic acids is 2. The molecule has 1 N–H and O–H groups in total. The first-order chi connectivity index (χ1) is 21.3. The molecule has 4 aliphatic rings. The van der Waals surface area contributed by atoms with E-state index < -0.39 is 16.8 Å². The van der Waals surface area contributed by atoms with Crippen LogP contribution in [0, 0.1) is 46.6 Å². The Bertz CT molecular complexity index is 1880. The van der Waals surface area contributed by atoms with Crippen molar-refractivity contribution in [2.24, 2.45) is 29.6 Å². The van der Waals surface area contributed by atoms with Crippen molar-refractivity contribution in [1.29, 1.82) is 0 Å². The molecule has 4 aromatic rings. The van der Waals surface area contributed by atoms with Gasteiger partial charge in [0.05, 0.1) is 27.5 Å². The second-order valence-corrected chi connectivity index (χ2v) is 14.3. The van der Waals surface area contributed by atoms with E-state index in [1.54, 1.807) is 11.8 Å². The van der Waals surface area contributed by atoms with Crippen LogP contribution in [0.2, 0.25) is 0 Å². The van der Waals surface area contributed by atoms with E-state index in [0.717, 1.165) is 33.2 Å². The fourth-order valence-electron chi connectivity index (χ4n) is 8.06. The molecule has 2 aliphatic carbocycles. The van der Waals surface area contributed by atoms with Crippen molar-refractivity contribution in [2.75, 3.05) is 4.90 Å². The van der Waals surface area contributed by atoms with Crippen molar-refractivity contribution in [3.8, 4) is 5.75 Å². The van der Waals surface area contributed by atoms with Gasteiger partial charge in [0, 0.05) is 33.7 Å². The number of ether oxygens (including phenoxy) is 1. The molecule has 0 spiro atoms. The number of hydrogen-bond donors (Lipinski definition) is 1. The summed E-state index contributed by atoms with van der Waals surface area (Å²) in [6.07, 6.45) is 0.769. The number of imide groups is 1. The minimum Gasteiger partial charge on any atom is -0.489 e. The van der Waals surface area contributed by atoms with Crippen molar-refractivity contribution < 1.29 is 19.2 Å². The van der Waals surface area contributed by atoms with Crippen LogP contribution in [0.1, 0.15) is 33.9 Å². The number of carbonyl (C=O) groups is 2. The monoisotopic (exact) mass is 625 g/mol. The molecule has 3 fully saturated rings. The number of amides is 2. The predicted molar refractivity (Wildman–Crippen MR) is 166 cm³/mol. The maximum atomic E-state index is 14.0. The van der Waals surface area contributed by atoms with Crippen molar-refractivity contribution >= 4 is 46.3 Å². The Morgan fingerprint density at radius 2 is 1.66 bits per heavy atom. The van der Waals surface area contributed by atoms with Crippen LogP contribution in [-0.4, -0.2) is 27.0 Å². The van der Waals surface area contributed by atoms with Gasteiger partial charge in [-0.15, -0.1) is 11.8 Å². The number of nitro benzene ring substituents is 1. The number of fused-ring (bicyclic) bond motifs is 9. The summed E-state index contributed by atoms with van der Waals surface area (Å²) in [4.78, 5) is 56.4. The number of benzene rings is 3. The molecule has 8 rings (SSSR count). The highest BCUT2D eigenvalue weighted by molar-refractivity contribution is 8.00. The first-order valence-electron chi connectivity index (χ1n) is 14.6. The lowest BCUT2D eigenvalue weighted by atomic mass is 9.68. The second-order valence-electron chi connectivity index (χ2n) is 12.1. The zero-order valence-corrected chi connectivity index (χ0v) is 25.2. The lowest BCUT2D eigenvalue weighted by Gasteiger charge is -2.43. The lowest BCUT2D eigenvalue weighted by Crippen LogP contribution is -2.42. The van der Waals surface area contributed by atoms with Crippen LogP contribution >= 0.6 is 23.1 Å². The van der Waals surface area contributed by atoms with E-state index in [2.05, 4.69) is 35.3 Å². The Labute approximate surface area is 260 Å². The number of aromatic nitrogens is 1. The van der Waals surface area contributed by atoms with Crippen molar-refractivity contribution in [3.05, 3.63) is 114 Å². The summed E-state index contributed by atoms with van der Waals surface area (Å²) >= 11 is 2.86. The normalized spacial score (nSPS) is 28.1. The molecule has 7 atom stereocenters. The Morgan fingerprint density at radius 3 is 2.39 bits per heavy atom. The highest BCUT2D eigenvalue weighted by atomic mass is 32.2. The number of para-hydroxylation sites is 1. The minimum atomic E-state index is -0.500. The minimum absolute atomic E-state index is 0.0285. The Morgan fingerprint density at radius 1 is 0.955 bits per heavy atom. The van der Waals surface area contributed by atoms with Gasteiger partial charge < -0.3 is 9.72 Å².